The van der Waals surface area contributed by atoms with Gasteiger partial charge >= 0.3 is 0 Å². The Morgan fingerprint density at radius 1 is 1.11 bits per heavy atom. The normalized spacial score (nSPS) is 30.1. The van der Waals surface area contributed by atoms with E-state index in [1.807, 2.05) is 18.2 Å². The molecule has 2 aliphatic rings. The summed E-state index contributed by atoms with van der Waals surface area (Å²) in [7, 11) is 0. The van der Waals surface area contributed by atoms with Crippen LogP contribution in [0.5, 0.6) is 0 Å². The fourth-order valence-electron chi connectivity index (χ4n) is 3.48. The van der Waals surface area contributed by atoms with Gasteiger partial charge in [-0.1, -0.05) is 36.8 Å². The zero-order valence-electron chi connectivity index (χ0n) is 11.0. The highest BCUT2D eigenvalue weighted by molar-refractivity contribution is 5.85. The lowest BCUT2D eigenvalue weighted by atomic mass is 9.69. The van der Waals surface area contributed by atoms with Crippen molar-refractivity contribution in [2.45, 2.75) is 19.3 Å². The molecule has 0 amide bonds. The van der Waals surface area contributed by atoms with Crippen molar-refractivity contribution >= 4 is 18.5 Å². The number of rotatable bonds is 2. The zero-order chi connectivity index (χ0) is 12.4. The molecule has 0 spiro atoms. The summed E-state index contributed by atoms with van der Waals surface area (Å²) in [6.07, 6.45) is 8.23. The largest absolute Gasteiger partial charge is 0.316 e. The molecule has 1 N–H and O–H groups in total. The van der Waals surface area contributed by atoms with Crippen molar-refractivity contribution in [3.63, 3.8) is 0 Å². The van der Waals surface area contributed by atoms with Gasteiger partial charge in [-0.3, -0.25) is 0 Å². The lowest BCUT2D eigenvalue weighted by molar-refractivity contribution is 0.146. The molecular formula is C16H21ClFN. The number of nitrogens with one attached hydrogen (secondary N) is 1. The van der Waals surface area contributed by atoms with Crippen LogP contribution in [0.1, 0.15) is 24.8 Å². The van der Waals surface area contributed by atoms with Gasteiger partial charge in [-0.15, -0.1) is 12.4 Å². The topological polar surface area (TPSA) is 12.0 Å². The highest BCUT2D eigenvalue weighted by Gasteiger charge is 2.34. The van der Waals surface area contributed by atoms with Gasteiger partial charge in [-0.2, -0.15) is 0 Å². The van der Waals surface area contributed by atoms with E-state index in [-0.39, 0.29) is 18.2 Å². The van der Waals surface area contributed by atoms with Gasteiger partial charge in [0, 0.05) is 5.56 Å². The summed E-state index contributed by atoms with van der Waals surface area (Å²) in [5.74, 6) is 2.02. The fraction of sp³-hybridized carbons (Fsp3) is 0.500. The van der Waals surface area contributed by atoms with Crippen LogP contribution in [0, 0.1) is 23.6 Å². The monoisotopic (exact) mass is 281 g/mol. The van der Waals surface area contributed by atoms with Gasteiger partial charge in [0.2, 0.25) is 0 Å². The van der Waals surface area contributed by atoms with Crippen LogP contribution in [0.15, 0.2) is 30.3 Å². The molecule has 0 radical (unpaired) electrons. The van der Waals surface area contributed by atoms with Crippen molar-refractivity contribution in [1.82, 2.24) is 5.32 Å². The van der Waals surface area contributed by atoms with Crippen LogP contribution in [0.2, 0.25) is 0 Å². The Morgan fingerprint density at radius 3 is 2.47 bits per heavy atom. The van der Waals surface area contributed by atoms with Crippen LogP contribution in [-0.4, -0.2) is 13.1 Å². The van der Waals surface area contributed by atoms with Crippen molar-refractivity contribution in [1.29, 1.82) is 0 Å². The molecule has 1 nitrogen and oxygen atoms in total. The van der Waals surface area contributed by atoms with Crippen LogP contribution in [-0.2, 0) is 0 Å². The molecule has 1 saturated heterocycles. The van der Waals surface area contributed by atoms with Crippen molar-refractivity contribution in [2.24, 2.45) is 17.8 Å². The summed E-state index contributed by atoms with van der Waals surface area (Å²) in [6, 6.07) is 7.02. The molecule has 104 valence electrons. The first-order valence-corrected chi connectivity index (χ1v) is 6.98. The second-order valence-electron chi connectivity index (χ2n) is 5.57. The van der Waals surface area contributed by atoms with E-state index in [9.17, 15) is 4.39 Å². The third kappa shape index (κ3) is 3.18. The molecule has 3 rings (SSSR count). The maximum absolute atomic E-state index is 13.6. The molecule has 3 heteroatoms. The Hall–Kier alpha value is -0.860. The van der Waals surface area contributed by atoms with E-state index >= 15 is 0 Å². The van der Waals surface area contributed by atoms with Gasteiger partial charge in [0.05, 0.1) is 0 Å². The molecule has 1 aliphatic heterocycles. The van der Waals surface area contributed by atoms with E-state index in [1.54, 1.807) is 6.07 Å². The predicted molar refractivity (Wildman–Crippen MR) is 79.9 cm³/mol. The molecule has 2 unspecified atom stereocenters. The number of fused-ring (bicyclic) bond motifs is 2. The smallest absolute Gasteiger partial charge is 0.130 e. The van der Waals surface area contributed by atoms with Crippen molar-refractivity contribution in [3.8, 4) is 0 Å². The molecular weight excluding hydrogens is 261 g/mol. The van der Waals surface area contributed by atoms with Gasteiger partial charge in [-0.05, 0) is 49.8 Å². The van der Waals surface area contributed by atoms with Crippen LogP contribution in [0.3, 0.4) is 0 Å². The molecule has 19 heavy (non-hydrogen) atoms. The highest BCUT2D eigenvalue weighted by atomic mass is 35.5. The van der Waals surface area contributed by atoms with Crippen LogP contribution in [0.4, 0.5) is 4.39 Å². The molecule has 1 aliphatic carbocycles. The standard InChI is InChI=1S/C16H20FN.ClH/c17-16-7-2-1-4-12(16)8-9-15-13-5-3-6-14(15)11-18-10-13;/h1-2,4,7-9,13-15,18H,3,5-6,10-11H2;1H/b9-8+;. The summed E-state index contributed by atoms with van der Waals surface area (Å²) in [5.41, 5.74) is 0.717. The molecule has 1 heterocycles. The minimum atomic E-state index is -0.118. The van der Waals surface area contributed by atoms with Crippen molar-refractivity contribution in [2.75, 3.05) is 13.1 Å². The predicted octanol–water partition coefficient (Wildman–Crippen LogP) is 3.90. The van der Waals surface area contributed by atoms with E-state index in [0.717, 1.165) is 24.9 Å². The average molecular weight is 282 g/mol. The summed E-state index contributed by atoms with van der Waals surface area (Å²) >= 11 is 0. The van der Waals surface area contributed by atoms with Gasteiger partial charge in [0.1, 0.15) is 5.82 Å². The molecule has 1 saturated carbocycles. The number of hydrogen-bond acceptors (Lipinski definition) is 1. The Kier molecular flexibility index (Phi) is 5.00. The fourth-order valence-corrected chi connectivity index (χ4v) is 3.48. The third-order valence-corrected chi connectivity index (χ3v) is 4.45. The van der Waals surface area contributed by atoms with E-state index in [4.69, 9.17) is 0 Å². The Morgan fingerprint density at radius 2 is 1.79 bits per heavy atom. The minimum Gasteiger partial charge on any atom is -0.316 e. The van der Waals surface area contributed by atoms with E-state index in [2.05, 4.69) is 11.4 Å². The van der Waals surface area contributed by atoms with Gasteiger partial charge in [-0.25, -0.2) is 4.39 Å². The second kappa shape index (κ2) is 6.53. The first-order valence-electron chi connectivity index (χ1n) is 6.98. The summed E-state index contributed by atoms with van der Waals surface area (Å²) in [4.78, 5) is 0. The van der Waals surface area contributed by atoms with Gasteiger partial charge in [0.15, 0.2) is 0 Å². The number of hydrogen-bond donors (Lipinski definition) is 1. The molecule has 0 aromatic heterocycles. The molecule has 2 bridgehead atoms. The maximum Gasteiger partial charge on any atom is 0.130 e. The molecule has 1 aromatic rings. The molecule has 1 aromatic carbocycles. The second-order valence-corrected chi connectivity index (χ2v) is 5.57. The highest BCUT2D eigenvalue weighted by Crippen LogP contribution is 2.38. The molecule has 2 atom stereocenters. The number of benzene rings is 1. The van der Waals surface area contributed by atoms with Crippen LogP contribution >= 0.6 is 12.4 Å². The lowest BCUT2D eigenvalue weighted by Crippen LogP contribution is -2.45. The SMILES string of the molecule is Cl.Fc1ccccc1/C=C/C1C2CCCC1CNC2. The summed E-state index contributed by atoms with van der Waals surface area (Å²) < 4.78 is 13.6. The van der Waals surface area contributed by atoms with Crippen molar-refractivity contribution < 1.29 is 4.39 Å². The average Bonchev–Trinajstić information content (AvgIpc) is 2.37. The van der Waals surface area contributed by atoms with Gasteiger partial charge in [0.25, 0.3) is 0 Å². The quantitative estimate of drug-likeness (QED) is 0.867. The molecule has 2 fully saturated rings. The first kappa shape index (κ1) is 14.5. The van der Waals surface area contributed by atoms with Gasteiger partial charge < -0.3 is 5.32 Å². The lowest BCUT2D eigenvalue weighted by Gasteiger charge is -2.41. The Balaban J connectivity index is 0.00000133. The first-order chi connectivity index (χ1) is 8.84. The minimum absolute atomic E-state index is 0. The Bertz CT molecular complexity index is 424. The van der Waals surface area contributed by atoms with E-state index < -0.39 is 0 Å². The number of piperidine rings is 1. The van der Waals surface area contributed by atoms with E-state index in [0.29, 0.717) is 11.5 Å². The number of allylic oxidation sites excluding steroid dienone is 1. The summed E-state index contributed by atoms with van der Waals surface area (Å²) in [5, 5.41) is 3.52. The van der Waals surface area contributed by atoms with E-state index in [1.165, 1.54) is 25.3 Å². The van der Waals surface area contributed by atoms with Crippen molar-refractivity contribution in [3.05, 3.63) is 41.7 Å². The maximum atomic E-state index is 13.6. The zero-order valence-corrected chi connectivity index (χ0v) is 11.8. The third-order valence-electron chi connectivity index (χ3n) is 4.45. The van der Waals surface area contributed by atoms with Crippen LogP contribution < -0.4 is 5.32 Å². The van der Waals surface area contributed by atoms with Crippen LogP contribution in [0.25, 0.3) is 6.08 Å². The summed E-state index contributed by atoms with van der Waals surface area (Å²) in [6.45, 7) is 2.26. The Labute approximate surface area is 120 Å². The number of halogens is 2.